The van der Waals surface area contributed by atoms with E-state index in [1.165, 1.54) is 6.07 Å². The molecule has 0 radical (unpaired) electrons. The third kappa shape index (κ3) is 2.74. The fourth-order valence-corrected chi connectivity index (χ4v) is 3.92. The SMILES string of the molecule is Cc1cccc(NC(=O)c2sc3c([N+](=O)[O-])cccc3c2Cl)c1C. The lowest BCUT2D eigenvalue weighted by atomic mass is 10.1. The molecule has 1 N–H and O–H groups in total. The Balaban J connectivity index is 2.04. The number of amides is 1. The Labute approximate surface area is 147 Å². The van der Waals surface area contributed by atoms with E-state index in [0.717, 1.165) is 22.5 Å². The van der Waals surface area contributed by atoms with Gasteiger partial charge in [-0.15, -0.1) is 11.3 Å². The molecule has 0 saturated carbocycles. The molecule has 0 aliphatic rings. The Hall–Kier alpha value is -2.44. The number of fused-ring (bicyclic) bond motifs is 1. The molecule has 0 aliphatic heterocycles. The molecule has 3 aromatic rings. The van der Waals surface area contributed by atoms with Gasteiger partial charge >= 0.3 is 0 Å². The van der Waals surface area contributed by atoms with Crippen molar-refractivity contribution in [3.8, 4) is 0 Å². The van der Waals surface area contributed by atoms with Gasteiger partial charge in [-0.3, -0.25) is 14.9 Å². The first-order valence-corrected chi connectivity index (χ1v) is 8.32. The van der Waals surface area contributed by atoms with Crippen LogP contribution in [0.15, 0.2) is 36.4 Å². The van der Waals surface area contributed by atoms with Crippen LogP contribution >= 0.6 is 22.9 Å². The summed E-state index contributed by atoms with van der Waals surface area (Å²) in [6.07, 6.45) is 0. The Bertz CT molecular complexity index is 981. The van der Waals surface area contributed by atoms with Gasteiger partial charge in [0.1, 0.15) is 9.58 Å². The van der Waals surface area contributed by atoms with Crippen LogP contribution < -0.4 is 5.32 Å². The number of nitrogens with one attached hydrogen (secondary N) is 1. The van der Waals surface area contributed by atoms with Crippen molar-refractivity contribution < 1.29 is 9.72 Å². The number of benzene rings is 2. The van der Waals surface area contributed by atoms with Crippen LogP contribution in [-0.2, 0) is 0 Å². The van der Waals surface area contributed by atoms with Gasteiger partial charge in [0, 0.05) is 17.1 Å². The number of carbonyl (C=O) groups excluding carboxylic acids is 1. The molecular weight excluding hydrogens is 348 g/mol. The molecule has 7 heteroatoms. The lowest BCUT2D eigenvalue weighted by molar-refractivity contribution is -0.382. The third-order valence-corrected chi connectivity index (χ3v) is 5.62. The zero-order valence-electron chi connectivity index (χ0n) is 12.9. The molecular formula is C17H13ClN2O3S. The number of non-ortho nitro benzene ring substituents is 1. The summed E-state index contributed by atoms with van der Waals surface area (Å²) in [5.41, 5.74) is 2.67. The molecule has 0 fully saturated rings. The topological polar surface area (TPSA) is 72.2 Å². The molecule has 24 heavy (non-hydrogen) atoms. The molecule has 0 bridgehead atoms. The molecule has 2 aromatic carbocycles. The van der Waals surface area contributed by atoms with Gasteiger partial charge in [0.15, 0.2) is 0 Å². The molecule has 0 saturated heterocycles. The second kappa shape index (κ2) is 6.22. The van der Waals surface area contributed by atoms with E-state index in [1.807, 2.05) is 32.0 Å². The van der Waals surface area contributed by atoms with Gasteiger partial charge in [0.2, 0.25) is 0 Å². The summed E-state index contributed by atoms with van der Waals surface area (Å²) in [7, 11) is 0. The summed E-state index contributed by atoms with van der Waals surface area (Å²) in [6, 6.07) is 10.3. The second-order valence-corrected chi connectivity index (χ2v) is 6.76. The minimum Gasteiger partial charge on any atom is -0.321 e. The van der Waals surface area contributed by atoms with E-state index >= 15 is 0 Å². The van der Waals surface area contributed by atoms with Crippen molar-refractivity contribution in [1.82, 2.24) is 0 Å². The smallest absolute Gasteiger partial charge is 0.287 e. The zero-order valence-corrected chi connectivity index (χ0v) is 14.5. The lowest BCUT2D eigenvalue weighted by Crippen LogP contribution is -2.11. The molecule has 1 heterocycles. The molecule has 122 valence electrons. The number of thiophene rings is 1. The number of halogens is 1. The number of carbonyl (C=O) groups is 1. The first-order chi connectivity index (χ1) is 11.4. The van der Waals surface area contributed by atoms with Gasteiger partial charge < -0.3 is 5.32 Å². The number of hydrogen-bond acceptors (Lipinski definition) is 4. The van der Waals surface area contributed by atoms with Gasteiger partial charge in [-0.2, -0.15) is 0 Å². The van der Waals surface area contributed by atoms with Crippen LogP contribution in [0.1, 0.15) is 20.8 Å². The second-order valence-electron chi connectivity index (χ2n) is 5.36. The predicted octanol–water partition coefficient (Wildman–Crippen LogP) is 5.33. The Morgan fingerprint density at radius 1 is 1.21 bits per heavy atom. The summed E-state index contributed by atoms with van der Waals surface area (Å²) < 4.78 is 0.401. The van der Waals surface area contributed by atoms with Crippen molar-refractivity contribution in [1.29, 1.82) is 0 Å². The van der Waals surface area contributed by atoms with E-state index in [0.29, 0.717) is 15.8 Å². The summed E-state index contributed by atoms with van der Waals surface area (Å²) in [5.74, 6) is -0.371. The minimum absolute atomic E-state index is 0.0508. The number of nitro groups is 1. The zero-order chi connectivity index (χ0) is 17.4. The normalized spacial score (nSPS) is 10.8. The van der Waals surface area contributed by atoms with Crippen LogP contribution in [0.4, 0.5) is 11.4 Å². The van der Waals surface area contributed by atoms with Crippen molar-refractivity contribution in [3.05, 3.63) is 67.5 Å². The average molecular weight is 361 g/mol. The highest BCUT2D eigenvalue weighted by atomic mass is 35.5. The number of nitrogens with zero attached hydrogens (tertiary/aromatic N) is 1. The van der Waals surface area contributed by atoms with Crippen LogP contribution in [0.5, 0.6) is 0 Å². The lowest BCUT2D eigenvalue weighted by Gasteiger charge is -2.09. The molecule has 0 atom stereocenters. The molecule has 5 nitrogen and oxygen atoms in total. The van der Waals surface area contributed by atoms with Crippen molar-refractivity contribution in [2.24, 2.45) is 0 Å². The van der Waals surface area contributed by atoms with Crippen LogP contribution in [-0.4, -0.2) is 10.8 Å². The fourth-order valence-electron chi connectivity index (χ4n) is 2.43. The summed E-state index contributed by atoms with van der Waals surface area (Å²) in [5, 5.41) is 14.7. The fraction of sp³-hybridized carbons (Fsp3) is 0.118. The molecule has 0 spiro atoms. The predicted molar refractivity (Wildman–Crippen MR) is 97.4 cm³/mol. The van der Waals surface area contributed by atoms with E-state index in [-0.39, 0.29) is 21.5 Å². The standard InChI is InChI=1S/C17H13ClN2O3S/c1-9-5-3-7-12(10(9)2)19-17(21)16-14(18)11-6-4-8-13(20(22)23)15(11)24-16/h3-8H,1-2H3,(H,19,21). The van der Waals surface area contributed by atoms with E-state index in [9.17, 15) is 14.9 Å². The Kier molecular flexibility index (Phi) is 4.26. The van der Waals surface area contributed by atoms with Crippen molar-refractivity contribution in [2.45, 2.75) is 13.8 Å². The number of anilines is 1. The van der Waals surface area contributed by atoms with E-state index in [1.54, 1.807) is 12.1 Å². The molecule has 3 rings (SSSR count). The van der Waals surface area contributed by atoms with Gasteiger partial charge in [-0.05, 0) is 31.0 Å². The van der Waals surface area contributed by atoms with Gasteiger partial charge in [0.25, 0.3) is 11.6 Å². The maximum absolute atomic E-state index is 12.6. The average Bonchev–Trinajstić information content (AvgIpc) is 2.89. The molecule has 0 aliphatic carbocycles. The quantitative estimate of drug-likeness (QED) is 0.506. The molecule has 0 unspecified atom stereocenters. The first-order valence-electron chi connectivity index (χ1n) is 7.13. The number of rotatable bonds is 3. The molecule has 1 aromatic heterocycles. The first kappa shape index (κ1) is 16.4. The van der Waals surface area contributed by atoms with E-state index in [2.05, 4.69) is 5.32 Å². The van der Waals surface area contributed by atoms with Crippen molar-refractivity contribution >= 4 is 50.3 Å². The number of aryl methyl sites for hydroxylation is 1. The van der Waals surface area contributed by atoms with E-state index < -0.39 is 4.92 Å². The van der Waals surface area contributed by atoms with Crippen LogP contribution in [0, 0.1) is 24.0 Å². The Morgan fingerprint density at radius 2 is 1.92 bits per heavy atom. The summed E-state index contributed by atoms with van der Waals surface area (Å²) in [6.45, 7) is 3.88. The third-order valence-electron chi connectivity index (χ3n) is 3.89. The Morgan fingerprint density at radius 3 is 2.62 bits per heavy atom. The van der Waals surface area contributed by atoms with E-state index in [4.69, 9.17) is 11.6 Å². The van der Waals surface area contributed by atoms with Crippen LogP contribution in [0.3, 0.4) is 0 Å². The highest BCUT2D eigenvalue weighted by Gasteiger charge is 2.23. The van der Waals surface area contributed by atoms with Gasteiger partial charge in [-0.1, -0.05) is 35.9 Å². The maximum Gasteiger partial charge on any atom is 0.287 e. The van der Waals surface area contributed by atoms with Gasteiger partial charge in [-0.25, -0.2) is 0 Å². The highest BCUT2D eigenvalue weighted by molar-refractivity contribution is 7.22. The summed E-state index contributed by atoms with van der Waals surface area (Å²) in [4.78, 5) is 23.5. The van der Waals surface area contributed by atoms with Crippen LogP contribution in [0.25, 0.3) is 10.1 Å². The van der Waals surface area contributed by atoms with Gasteiger partial charge in [0.05, 0.1) is 9.95 Å². The minimum atomic E-state index is -0.471. The molecule has 1 amide bonds. The summed E-state index contributed by atoms with van der Waals surface area (Å²) >= 11 is 7.32. The van der Waals surface area contributed by atoms with Crippen LogP contribution in [0.2, 0.25) is 5.02 Å². The largest absolute Gasteiger partial charge is 0.321 e. The maximum atomic E-state index is 12.6. The number of hydrogen-bond donors (Lipinski definition) is 1. The number of nitro benzene ring substituents is 1. The highest BCUT2D eigenvalue weighted by Crippen LogP contribution is 2.40. The van der Waals surface area contributed by atoms with Crippen molar-refractivity contribution in [3.63, 3.8) is 0 Å². The van der Waals surface area contributed by atoms with Crippen molar-refractivity contribution in [2.75, 3.05) is 5.32 Å². The monoisotopic (exact) mass is 360 g/mol.